The first kappa shape index (κ1) is 16.6. The lowest BCUT2D eigenvalue weighted by molar-refractivity contribution is 0.560. The zero-order valence-electron chi connectivity index (χ0n) is 11.1. The first-order valence-electron chi connectivity index (χ1n) is 6.70. The van der Waals surface area contributed by atoms with E-state index >= 15 is 0 Å². The third-order valence-corrected chi connectivity index (χ3v) is 4.01. The van der Waals surface area contributed by atoms with Crippen LogP contribution in [0.25, 0.3) is 0 Å². The molecule has 0 atom stereocenters. The molecule has 0 aromatic rings. The van der Waals surface area contributed by atoms with Gasteiger partial charge in [-0.2, -0.15) is 0 Å². The highest BCUT2D eigenvalue weighted by atomic mass is 32.2. The molecule has 0 unspecified atom stereocenters. The molecule has 0 heterocycles. The van der Waals surface area contributed by atoms with Gasteiger partial charge in [-0.3, -0.25) is 0 Å². The molecule has 0 aromatic carbocycles. The minimum absolute atomic E-state index is 0.0179. The molecule has 3 nitrogen and oxygen atoms in total. The Bertz CT molecular complexity index is 273. The highest BCUT2D eigenvalue weighted by molar-refractivity contribution is 7.89. The summed E-state index contributed by atoms with van der Waals surface area (Å²) >= 11 is 0. The summed E-state index contributed by atoms with van der Waals surface area (Å²) in [5.74, 6) is 0.0179. The second kappa shape index (κ2) is 10.8. The Morgan fingerprint density at radius 1 is 1.00 bits per heavy atom. The fraction of sp³-hybridized carbons (Fsp3) is 0.846. The van der Waals surface area contributed by atoms with E-state index in [1.165, 1.54) is 44.6 Å². The van der Waals surface area contributed by atoms with Gasteiger partial charge >= 0.3 is 0 Å². The van der Waals surface area contributed by atoms with Crippen molar-refractivity contribution in [3.63, 3.8) is 0 Å². The lowest BCUT2D eigenvalue weighted by Crippen LogP contribution is -2.26. The van der Waals surface area contributed by atoms with E-state index in [1.54, 1.807) is 0 Å². The highest BCUT2D eigenvalue weighted by Crippen LogP contribution is 2.07. The van der Waals surface area contributed by atoms with E-state index in [4.69, 9.17) is 0 Å². The van der Waals surface area contributed by atoms with E-state index in [1.807, 2.05) is 0 Å². The first-order valence-corrected chi connectivity index (χ1v) is 8.36. The summed E-state index contributed by atoms with van der Waals surface area (Å²) in [4.78, 5) is 0. The molecule has 0 amide bonds. The maximum Gasteiger partial charge on any atom is 0.215 e. The van der Waals surface area contributed by atoms with E-state index in [0.717, 1.165) is 12.8 Å². The summed E-state index contributed by atoms with van der Waals surface area (Å²) in [6.45, 7) is 6.20. The molecule has 0 aromatic heterocycles. The van der Waals surface area contributed by atoms with Gasteiger partial charge in [0.15, 0.2) is 0 Å². The monoisotopic (exact) mass is 261 g/mol. The van der Waals surface area contributed by atoms with Gasteiger partial charge < -0.3 is 0 Å². The van der Waals surface area contributed by atoms with E-state index in [0.29, 0.717) is 6.54 Å². The Morgan fingerprint density at radius 2 is 1.53 bits per heavy atom. The van der Waals surface area contributed by atoms with Gasteiger partial charge in [0.05, 0.1) is 5.75 Å². The second-order valence-corrected chi connectivity index (χ2v) is 6.29. The van der Waals surface area contributed by atoms with Gasteiger partial charge in [0.25, 0.3) is 0 Å². The fourth-order valence-electron chi connectivity index (χ4n) is 1.70. The molecular formula is C13H27NO2S. The Balaban J connectivity index is 3.26. The summed E-state index contributed by atoms with van der Waals surface area (Å²) in [6.07, 6.45) is 11.2. The molecule has 0 saturated heterocycles. The predicted octanol–water partition coefficient (Wildman–Crippen LogP) is 3.23. The summed E-state index contributed by atoms with van der Waals surface area (Å²) in [6, 6.07) is 0. The molecule has 0 aliphatic heterocycles. The minimum atomic E-state index is -3.10. The van der Waals surface area contributed by atoms with Gasteiger partial charge in [-0.05, 0) is 6.42 Å². The average molecular weight is 261 g/mol. The zero-order valence-corrected chi connectivity index (χ0v) is 11.9. The largest absolute Gasteiger partial charge is 0.215 e. The number of unbranched alkanes of at least 4 members (excludes halogenated alkanes) is 7. The lowest BCUT2D eigenvalue weighted by atomic mass is 10.1. The predicted molar refractivity (Wildman–Crippen MR) is 74.6 cm³/mol. The zero-order chi connectivity index (χ0) is 13.0. The van der Waals surface area contributed by atoms with Crippen molar-refractivity contribution < 1.29 is 8.42 Å². The van der Waals surface area contributed by atoms with Crippen LogP contribution in [-0.2, 0) is 10.0 Å². The van der Waals surface area contributed by atoms with Gasteiger partial charge in [-0.25, -0.2) is 13.1 Å². The molecule has 17 heavy (non-hydrogen) atoms. The molecule has 0 fully saturated rings. The van der Waals surface area contributed by atoms with Crippen LogP contribution >= 0.6 is 0 Å². The van der Waals surface area contributed by atoms with E-state index in [-0.39, 0.29) is 5.75 Å². The SMILES string of the molecule is C=CCS(=O)(=O)NCCCCCCCCCC. The summed E-state index contributed by atoms with van der Waals surface area (Å²) in [5.41, 5.74) is 0. The fourth-order valence-corrected chi connectivity index (χ4v) is 2.58. The molecule has 4 heteroatoms. The molecule has 1 N–H and O–H groups in total. The number of nitrogens with one attached hydrogen (secondary N) is 1. The molecule has 0 aliphatic carbocycles. The van der Waals surface area contributed by atoms with Crippen LogP contribution in [0.2, 0.25) is 0 Å². The van der Waals surface area contributed by atoms with Crippen molar-refractivity contribution in [3.05, 3.63) is 12.7 Å². The van der Waals surface area contributed by atoms with Crippen LogP contribution in [0.1, 0.15) is 58.3 Å². The summed E-state index contributed by atoms with van der Waals surface area (Å²) in [5, 5.41) is 0. The van der Waals surface area contributed by atoms with Gasteiger partial charge in [-0.15, -0.1) is 6.58 Å². The molecular weight excluding hydrogens is 234 g/mol. The van der Waals surface area contributed by atoms with Crippen LogP contribution < -0.4 is 4.72 Å². The van der Waals surface area contributed by atoms with Crippen LogP contribution in [0, 0.1) is 0 Å². The summed E-state index contributed by atoms with van der Waals surface area (Å²) in [7, 11) is -3.10. The Kier molecular flexibility index (Phi) is 10.6. The van der Waals surface area contributed by atoms with Crippen molar-refractivity contribution >= 4 is 10.0 Å². The van der Waals surface area contributed by atoms with Crippen molar-refractivity contribution in [2.24, 2.45) is 0 Å². The normalized spacial score (nSPS) is 11.6. The third-order valence-electron chi connectivity index (χ3n) is 2.69. The van der Waals surface area contributed by atoms with Crippen molar-refractivity contribution in [1.82, 2.24) is 4.72 Å². The van der Waals surface area contributed by atoms with Crippen LogP contribution in [0.5, 0.6) is 0 Å². The second-order valence-electron chi connectivity index (χ2n) is 4.44. The Labute approximate surface area is 107 Å². The molecule has 0 radical (unpaired) electrons. The molecule has 102 valence electrons. The topological polar surface area (TPSA) is 46.2 Å². The van der Waals surface area contributed by atoms with E-state index < -0.39 is 10.0 Å². The van der Waals surface area contributed by atoms with Gasteiger partial charge in [0.2, 0.25) is 10.0 Å². The first-order chi connectivity index (χ1) is 8.12. The van der Waals surface area contributed by atoms with Crippen molar-refractivity contribution in [2.75, 3.05) is 12.3 Å². The van der Waals surface area contributed by atoms with Crippen molar-refractivity contribution in [2.45, 2.75) is 58.3 Å². The number of hydrogen-bond donors (Lipinski definition) is 1. The average Bonchev–Trinajstić information content (AvgIpc) is 2.27. The molecule has 0 spiro atoms. The Hall–Kier alpha value is -0.350. The lowest BCUT2D eigenvalue weighted by Gasteiger charge is -2.04. The maximum atomic E-state index is 11.3. The van der Waals surface area contributed by atoms with Crippen molar-refractivity contribution in [3.8, 4) is 0 Å². The molecule has 0 bridgehead atoms. The van der Waals surface area contributed by atoms with Crippen LogP contribution in [0.4, 0.5) is 0 Å². The molecule has 0 aliphatic rings. The standard InChI is InChI=1S/C13H27NO2S/c1-3-5-6-7-8-9-10-11-12-14-17(15,16)13-4-2/h4,14H,2-3,5-13H2,1H3. The molecule has 0 rings (SSSR count). The molecule has 0 saturated carbocycles. The maximum absolute atomic E-state index is 11.3. The van der Waals surface area contributed by atoms with E-state index in [2.05, 4.69) is 18.2 Å². The Morgan fingerprint density at radius 3 is 2.06 bits per heavy atom. The van der Waals surface area contributed by atoms with Gasteiger partial charge in [0, 0.05) is 6.54 Å². The summed E-state index contributed by atoms with van der Waals surface area (Å²) < 4.78 is 25.1. The van der Waals surface area contributed by atoms with E-state index in [9.17, 15) is 8.42 Å². The van der Waals surface area contributed by atoms with Gasteiger partial charge in [0.1, 0.15) is 0 Å². The van der Waals surface area contributed by atoms with Crippen LogP contribution in [0.3, 0.4) is 0 Å². The smallest absolute Gasteiger partial charge is 0.215 e. The van der Waals surface area contributed by atoms with Crippen molar-refractivity contribution in [1.29, 1.82) is 0 Å². The highest BCUT2D eigenvalue weighted by Gasteiger charge is 2.05. The number of rotatable bonds is 12. The third kappa shape index (κ3) is 11.9. The van der Waals surface area contributed by atoms with Gasteiger partial charge in [-0.1, -0.05) is 57.9 Å². The van der Waals surface area contributed by atoms with Crippen LogP contribution in [0.15, 0.2) is 12.7 Å². The minimum Gasteiger partial charge on any atom is -0.215 e. The quantitative estimate of drug-likeness (QED) is 0.433. The number of hydrogen-bond acceptors (Lipinski definition) is 2. The van der Waals surface area contributed by atoms with Crippen LogP contribution in [-0.4, -0.2) is 20.7 Å². The number of sulfonamides is 1.